The summed E-state index contributed by atoms with van der Waals surface area (Å²) < 4.78 is 0. The first kappa shape index (κ1) is 17.7. The summed E-state index contributed by atoms with van der Waals surface area (Å²) in [6, 6.07) is 12.8. The topological polar surface area (TPSA) is 49.4 Å². The number of hydrogen-bond acceptors (Lipinski definition) is 2. The fourth-order valence-corrected chi connectivity index (χ4v) is 2.66. The van der Waals surface area contributed by atoms with Crippen molar-refractivity contribution in [2.75, 3.05) is 18.4 Å². The Balaban J connectivity index is 2.11. The van der Waals surface area contributed by atoms with E-state index in [4.69, 9.17) is 0 Å². The van der Waals surface area contributed by atoms with Gasteiger partial charge in [-0.3, -0.25) is 9.59 Å². The van der Waals surface area contributed by atoms with E-state index >= 15 is 0 Å². The van der Waals surface area contributed by atoms with E-state index in [0.29, 0.717) is 29.9 Å². The molecule has 4 heteroatoms. The molecule has 0 spiro atoms. The molecule has 0 fully saturated rings. The van der Waals surface area contributed by atoms with Crippen LogP contribution in [-0.2, 0) is 0 Å². The molecule has 2 rings (SSSR count). The fourth-order valence-electron chi connectivity index (χ4n) is 2.66. The lowest BCUT2D eigenvalue weighted by Crippen LogP contribution is -2.30. The molecule has 2 aromatic rings. The molecule has 2 amide bonds. The van der Waals surface area contributed by atoms with Crippen LogP contribution >= 0.6 is 0 Å². The molecular weight excluding hydrogens is 300 g/mol. The third-order valence-electron chi connectivity index (χ3n) is 4.07. The van der Waals surface area contributed by atoms with Gasteiger partial charge in [-0.1, -0.05) is 17.7 Å². The molecule has 0 atom stereocenters. The highest BCUT2D eigenvalue weighted by Crippen LogP contribution is 2.15. The Kier molecular flexibility index (Phi) is 5.74. The van der Waals surface area contributed by atoms with E-state index < -0.39 is 0 Å². The molecule has 0 heterocycles. The first-order chi connectivity index (χ1) is 11.5. The zero-order valence-corrected chi connectivity index (χ0v) is 14.7. The van der Waals surface area contributed by atoms with Gasteiger partial charge < -0.3 is 10.2 Å². The molecule has 24 heavy (non-hydrogen) atoms. The van der Waals surface area contributed by atoms with Gasteiger partial charge in [-0.15, -0.1) is 0 Å². The molecule has 0 radical (unpaired) electrons. The molecule has 0 aliphatic rings. The fraction of sp³-hybridized carbons (Fsp3) is 0.300. The first-order valence-corrected chi connectivity index (χ1v) is 8.24. The summed E-state index contributed by atoms with van der Waals surface area (Å²) in [6.07, 6.45) is 0. The predicted octanol–water partition coefficient (Wildman–Crippen LogP) is 4.04. The van der Waals surface area contributed by atoms with Gasteiger partial charge in [-0.25, -0.2) is 0 Å². The molecule has 1 N–H and O–H groups in total. The average molecular weight is 324 g/mol. The highest BCUT2D eigenvalue weighted by atomic mass is 16.2. The minimum atomic E-state index is -0.143. The minimum absolute atomic E-state index is 0.00672. The van der Waals surface area contributed by atoms with Crippen molar-refractivity contribution in [2.45, 2.75) is 27.7 Å². The Hall–Kier alpha value is -2.62. The van der Waals surface area contributed by atoms with Gasteiger partial charge in [0, 0.05) is 29.9 Å². The maximum atomic E-state index is 12.4. The lowest BCUT2D eigenvalue weighted by atomic mass is 10.1. The molecule has 0 unspecified atom stereocenters. The summed E-state index contributed by atoms with van der Waals surface area (Å²) in [6.45, 7) is 9.20. The molecule has 0 aliphatic carbocycles. The number of amides is 2. The standard InChI is InChI=1S/C20H24N2O2/c1-5-22(6-2)20(24)16-8-10-17(11-9-16)21-19(23)18-12-7-14(3)13-15(18)4/h7-13H,5-6H2,1-4H3,(H,21,23). The number of benzene rings is 2. The van der Waals surface area contributed by atoms with E-state index in [1.165, 1.54) is 0 Å². The zero-order valence-electron chi connectivity index (χ0n) is 14.7. The number of carbonyl (C=O) groups is 2. The van der Waals surface area contributed by atoms with Crippen LogP contribution in [0.3, 0.4) is 0 Å². The number of aryl methyl sites for hydroxylation is 2. The van der Waals surface area contributed by atoms with Gasteiger partial charge in [0.2, 0.25) is 0 Å². The molecule has 126 valence electrons. The maximum Gasteiger partial charge on any atom is 0.255 e. The van der Waals surface area contributed by atoms with E-state index in [1.807, 2.05) is 45.9 Å². The maximum absolute atomic E-state index is 12.4. The summed E-state index contributed by atoms with van der Waals surface area (Å²) in [5.74, 6) is -0.137. The van der Waals surface area contributed by atoms with Crippen molar-refractivity contribution >= 4 is 17.5 Å². The summed E-state index contributed by atoms with van der Waals surface area (Å²) >= 11 is 0. The van der Waals surface area contributed by atoms with Crippen LogP contribution < -0.4 is 5.32 Å². The Morgan fingerprint density at radius 3 is 2.12 bits per heavy atom. The highest BCUT2D eigenvalue weighted by molar-refractivity contribution is 6.05. The van der Waals surface area contributed by atoms with Crippen LogP contribution in [-0.4, -0.2) is 29.8 Å². The van der Waals surface area contributed by atoms with Crippen LogP contribution in [0.15, 0.2) is 42.5 Å². The number of nitrogens with one attached hydrogen (secondary N) is 1. The lowest BCUT2D eigenvalue weighted by molar-refractivity contribution is 0.0773. The predicted molar refractivity (Wildman–Crippen MR) is 97.6 cm³/mol. The second kappa shape index (κ2) is 7.77. The number of rotatable bonds is 5. The van der Waals surface area contributed by atoms with Crippen LogP contribution in [0.1, 0.15) is 45.7 Å². The van der Waals surface area contributed by atoms with Crippen molar-refractivity contribution in [1.29, 1.82) is 0 Å². The average Bonchev–Trinajstić information content (AvgIpc) is 2.56. The second-order valence-electron chi connectivity index (χ2n) is 5.83. The van der Waals surface area contributed by atoms with Crippen LogP contribution in [0.25, 0.3) is 0 Å². The van der Waals surface area contributed by atoms with E-state index in [2.05, 4.69) is 5.32 Å². The number of nitrogens with zero attached hydrogens (tertiary/aromatic N) is 1. The monoisotopic (exact) mass is 324 g/mol. The molecule has 4 nitrogen and oxygen atoms in total. The Bertz CT molecular complexity index is 732. The van der Waals surface area contributed by atoms with Crippen molar-refractivity contribution in [3.8, 4) is 0 Å². The van der Waals surface area contributed by atoms with Gasteiger partial charge >= 0.3 is 0 Å². The largest absolute Gasteiger partial charge is 0.339 e. The second-order valence-corrected chi connectivity index (χ2v) is 5.83. The van der Waals surface area contributed by atoms with Crippen molar-refractivity contribution in [3.63, 3.8) is 0 Å². The zero-order chi connectivity index (χ0) is 17.7. The van der Waals surface area contributed by atoms with Crippen molar-refractivity contribution in [3.05, 3.63) is 64.7 Å². The number of anilines is 1. The normalized spacial score (nSPS) is 10.3. The van der Waals surface area contributed by atoms with Crippen LogP contribution in [0, 0.1) is 13.8 Å². The van der Waals surface area contributed by atoms with Gasteiger partial charge in [-0.05, 0) is 63.6 Å². The Labute approximate surface area is 143 Å². The SMILES string of the molecule is CCN(CC)C(=O)c1ccc(NC(=O)c2ccc(C)cc2C)cc1. The molecule has 0 saturated heterocycles. The quantitative estimate of drug-likeness (QED) is 0.902. The Morgan fingerprint density at radius 2 is 1.58 bits per heavy atom. The summed E-state index contributed by atoms with van der Waals surface area (Å²) in [5, 5.41) is 2.88. The lowest BCUT2D eigenvalue weighted by Gasteiger charge is -2.18. The van der Waals surface area contributed by atoms with Gasteiger partial charge in [0.1, 0.15) is 0 Å². The van der Waals surface area contributed by atoms with Gasteiger partial charge in [0.05, 0.1) is 0 Å². The molecule has 0 bridgehead atoms. The van der Waals surface area contributed by atoms with Crippen LogP contribution in [0.2, 0.25) is 0 Å². The summed E-state index contributed by atoms with van der Waals surface area (Å²) in [4.78, 5) is 26.4. The van der Waals surface area contributed by atoms with Crippen molar-refractivity contribution in [1.82, 2.24) is 4.90 Å². The highest BCUT2D eigenvalue weighted by Gasteiger charge is 2.13. The third kappa shape index (κ3) is 4.02. The molecule has 0 saturated carbocycles. The number of carbonyl (C=O) groups excluding carboxylic acids is 2. The van der Waals surface area contributed by atoms with Crippen LogP contribution in [0.4, 0.5) is 5.69 Å². The summed E-state index contributed by atoms with van der Waals surface area (Å²) in [7, 11) is 0. The van der Waals surface area contributed by atoms with Gasteiger partial charge in [-0.2, -0.15) is 0 Å². The number of hydrogen-bond donors (Lipinski definition) is 1. The molecule has 0 aromatic heterocycles. The van der Waals surface area contributed by atoms with Gasteiger partial charge in [0.15, 0.2) is 0 Å². The van der Waals surface area contributed by atoms with Crippen LogP contribution in [0.5, 0.6) is 0 Å². The van der Waals surface area contributed by atoms with E-state index in [-0.39, 0.29) is 11.8 Å². The smallest absolute Gasteiger partial charge is 0.255 e. The molecular formula is C20H24N2O2. The summed E-state index contributed by atoms with van der Waals surface area (Å²) in [5.41, 5.74) is 4.03. The van der Waals surface area contributed by atoms with Crippen molar-refractivity contribution < 1.29 is 9.59 Å². The molecule has 0 aliphatic heterocycles. The van der Waals surface area contributed by atoms with Gasteiger partial charge in [0.25, 0.3) is 11.8 Å². The first-order valence-electron chi connectivity index (χ1n) is 8.24. The van der Waals surface area contributed by atoms with E-state index in [0.717, 1.165) is 11.1 Å². The minimum Gasteiger partial charge on any atom is -0.339 e. The van der Waals surface area contributed by atoms with E-state index in [1.54, 1.807) is 29.2 Å². The Morgan fingerprint density at radius 1 is 0.958 bits per heavy atom. The molecule has 2 aromatic carbocycles. The van der Waals surface area contributed by atoms with Crippen molar-refractivity contribution in [2.24, 2.45) is 0 Å². The van der Waals surface area contributed by atoms with E-state index in [9.17, 15) is 9.59 Å². The third-order valence-corrected chi connectivity index (χ3v) is 4.07.